The maximum atomic E-state index is 4.56. The average Bonchev–Trinajstić information content (AvgIpc) is 3.09. The number of hydrogen-bond acceptors (Lipinski definition) is 4. The molecule has 24 heavy (non-hydrogen) atoms. The van der Waals surface area contributed by atoms with Gasteiger partial charge in [-0.05, 0) is 29.7 Å². The number of benzene rings is 2. The topological polar surface area (TPSA) is 55.6 Å². The molecule has 0 fully saturated rings. The molecule has 1 heterocycles. The highest BCUT2D eigenvalue weighted by atomic mass is 15.6. The van der Waals surface area contributed by atoms with Gasteiger partial charge in [-0.1, -0.05) is 67.6 Å². The number of aromatic nitrogens is 4. The van der Waals surface area contributed by atoms with Crippen LogP contribution in [0.5, 0.6) is 0 Å². The van der Waals surface area contributed by atoms with Crippen LogP contribution < -0.4 is 5.32 Å². The Morgan fingerprint density at radius 2 is 1.67 bits per heavy atom. The number of rotatable bonds is 7. The van der Waals surface area contributed by atoms with Crippen molar-refractivity contribution < 1.29 is 0 Å². The lowest BCUT2D eigenvalue weighted by atomic mass is 10.1. The van der Waals surface area contributed by atoms with Gasteiger partial charge in [-0.25, -0.2) is 0 Å². The van der Waals surface area contributed by atoms with Gasteiger partial charge >= 0.3 is 0 Å². The Morgan fingerprint density at radius 1 is 1.00 bits per heavy atom. The van der Waals surface area contributed by atoms with Crippen LogP contribution in [0.2, 0.25) is 0 Å². The van der Waals surface area contributed by atoms with E-state index in [1.165, 1.54) is 11.1 Å². The Morgan fingerprint density at radius 3 is 2.33 bits per heavy atom. The van der Waals surface area contributed by atoms with Gasteiger partial charge in [0.05, 0.1) is 12.6 Å². The first-order chi connectivity index (χ1) is 11.8. The zero-order valence-electron chi connectivity index (χ0n) is 14.1. The third kappa shape index (κ3) is 4.06. The molecule has 2 aromatic carbocycles. The molecule has 0 saturated carbocycles. The molecule has 0 aliphatic carbocycles. The SMILES string of the molecule is CCC(N[C@H](C)c1ccccc1)c1nnn(Cc2ccccc2)n1. The Labute approximate surface area is 142 Å². The van der Waals surface area contributed by atoms with Gasteiger partial charge in [0, 0.05) is 6.04 Å². The summed E-state index contributed by atoms with van der Waals surface area (Å²) in [4.78, 5) is 1.65. The molecule has 0 spiro atoms. The van der Waals surface area contributed by atoms with Crippen molar-refractivity contribution >= 4 is 0 Å². The zero-order valence-corrected chi connectivity index (χ0v) is 14.1. The molecule has 0 bridgehead atoms. The van der Waals surface area contributed by atoms with Gasteiger partial charge in [-0.3, -0.25) is 0 Å². The standard InChI is InChI=1S/C19H23N5/c1-3-18(20-15(2)17-12-8-5-9-13-17)19-21-23-24(22-19)14-16-10-6-4-7-11-16/h4-13,15,18,20H,3,14H2,1-2H3/t15-,18?/m1/s1. The Bertz CT molecular complexity index is 739. The molecule has 1 aromatic heterocycles. The van der Waals surface area contributed by atoms with Gasteiger partial charge in [0.2, 0.25) is 0 Å². The fourth-order valence-corrected chi connectivity index (χ4v) is 2.72. The van der Waals surface area contributed by atoms with Crippen LogP contribution in [0, 0.1) is 0 Å². The molecule has 5 heteroatoms. The second-order valence-corrected chi connectivity index (χ2v) is 5.92. The van der Waals surface area contributed by atoms with Gasteiger partial charge in [-0.2, -0.15) is 4.80 Å². The summed E-state index contributed by atoms with van der Waals surface area (Å²) in [6, 6.07) is 20.9. The van der Waals surface area contributed by atoms with Crippen LogP contribution in [-0.4, -0.2) is 20.2 Å². The average molecular weight is 321 g/mol. The molecular formula is C19H23N5. The van der Waals surface area contributed by atoms with Crippen molar-refractivity contribution in [1.29, 1.82) is 0 Å². The van der Waals surface area contributed by atoms with E-state index >= 15 is 0 Å². The molecule has 2 atom stereocenters. The van der Waals surface area contributed by atoms with Crippen LogP contribution in [0.1, 0.15) is 49.3 Å². The van der Waals surface area contributed by atoms with E-state index in [0.717, 1.165) is 12.2 Å². The van der Waals surface area contributed by atoms with Crippen LogP contribution in [0.3, 0.4) is 0 Å². The summed E-state index contributed by atoms with van der Waals surface area (Å²) in [6.07, 6.45) is 0.911. The third-order valence-corrected chi connectivity index (χ3v) is 4.11. The Hall–Kier alpha value is -2.53. The maximum absolute atomic E-state index is 4.56. The van der Waals surface area contributed by atoms with E-state index in [-0.39, 0.29) is 12.1 Å². The highest BCUT2D eigenvalue weighted by Crippen LogP contribution is 2.19. The maximum Gasteiger partial charge on any atom is 0.191 e. The van der Waals surface area contributed by atoms with Crippen molar-refractivity contribution in [3.63, 3.8) is 0 Å². The van der Waals surface area contributed by atoms with Crippen molar-refractivity contribution in [1.82, 2.24) is 25.5 Å². The van der Waals surface area contributed by atoms with Crippen LogP contribution in [-0.2, 0) is 6.54 Å². The minimum Gasteiger partial charge on any atom is -0.301 e. The van der Waals surface area contributed by atoms with E-state index in [2.05, 4.69) is 71.0 Å². The molecule has 0 amide bonds. The van der Waals surface area contributed by atoms with Gasteiger partial charge in [0.25, 0.3) is 0 Å². The molecule has 1 unspecified atom stereocenters. The summed E-state index contributed by atoms with van der Waals surface area (Å²) < 4.78 is 0. The zero-order chi connectivity index (χ0) is 16.8. The summed E-state index contributed by atoms with van der Waals surface area (Å²) in [6.45, 7) is 4.93. The van der Waals surface area contributed by atoms with Crippen molar-refractivity contribution in [2.24, 2.45) is 0 Å². The van der Waals surface area contributed by atoms with Crippen LogP contribution in [0.25, 0.3) is 0 Å². The first-order valence-electron chi connectivity index (χ1n) is 8.39. The molecule has 124 valence electrons. The van der Waals surface area contributed by atoms with Crippen LogP contribution in [0.4, 0.5) is 0 Å². The van der Waals surface area contributed by atoms with Crippen molar-refractivity contribution in [3.8, 4) is 0 Å². The second kappa shape index (κ2) is 7.84. The summed E-state index contributed by atoms with van der Waals surface area (Å²) in [5.74, 6) is 0.746. The fraction of sp³-hybridized carbons (Fsp3) is 0.316. The minimum absolute atomic E-state index is 0.0877. The van der Waals surface area contributed by atoms with Gasteiger partial charge in [0.15, 0.2) is 5.82 Å². The predicted molar refractivity (Wildman–Crippen MR) is 94.4 cm³/mol. The monoisotopic (exact) mass is 321 g/mol. The Balaban J connectivity index is 1.68. The fourth-order valence-electron chi connectivity index (χ4n) is 2.72. The normalized spacial score (nSPS) is 13.6. The molecule has 3 rings (SSSR count). The Kier molecular flexibility index (Phi) is 5.33. The largest absolute Gasteiger partial charge is 0.301 e. The minimum atomic E-state index is 0.0877. The summed E-state index contributed by atoms with van der Waals surface area (Å²) in [7, 11) is 0. The molecule has 0 radical (unpaired) electrons. The highest BCUT2D eigenvalue weighted by Gasteiger charge is 2.18. The third-order valence-electron chi connectivity index (χ3n) is 4.11. The second-order valence-electron chi connectivity index (χ2n) is 5.92. The lowest BCUT2D eigenvalue weighted by Gasteiger charge is -2.20. The number of nitrogens with one attached hydrogen (secondary N) is 1. The van der Waals surface area contributed by atoms with E-state index < -0.39 is 0 Å². The molecule has 0 aliphatic rings. The number of tetrazole rings is 1. The molecule has 5 nitrogen and oxygen atoms in total. The lowest BCUT2D eigenvalue weighted by molar-refractivity contribution is 0.436. The molecule has 3 aromatic rings. The van der Waals surface area contributed by atoms with Gasteiger partial charge in [0.1, 0.15) is 0 Å². The summed E-state index contributed by atoms with van der Waals surface area (Å²) in [5, 5.41) is 16.6. The molecule has 0 aliphatic heterocycles. The highest BCUT2D eigenvalue weighted by molar-refractivity contribution is 5.18. The first-order valence-corrected chi connectivity index (χ1v) is 8.39. The summed E-state index contributed by atoms with van der Waals surface area (Å²) >= 11 is 0. The van der Waals surface area contributed by atoms with Gasteiger partial charge < -0.3 is 5.32 Å². The smallest absolute Gasteiger partial charge is 0.191 e. The van der Waals surface area contributed by atoms with E-state index in [1.54, 1.807) is 4.80 Å². The first kappa shape index (κ1) is 16.3. The van der Waals surface area contributed by atoms with Crippen molar-refractivity contribution in [2.75, 3.05) is 0 Å². The number of nitrogens with zero attached hydrogens (tertiary/aromatic N) is 4. The summed E-state index contributed by atoms with van der Waals surface area (Å²) in [5.41, 5.74) is 2.42. The van der Waals surface area contributed by atoms with E-state index in [0.29, 0.717) is 6.54 Å². The van der Waals surface area contributed by atoms with E-state index in [9.17, 15) is 0 Å². The molecular weight excluding hydrogens is 298 g/mol. The van der Waals surface area contributed by atoms with Crippen LogP contribution >= 0.6 is 0 Å². The predicted octanol–water partition coefficient (Wildman–Crippen LogP) is 3.52. The van der Waals surface area contributed by atoms with Crippen LogP contribution in [0.15, 0.2) is 60.7 Å². The van der Waals surface area contributed by atoms with E-state index in [4.69, 9.17) is 0 Å². The van der Waals surface area contributed by atoms with Crippen molar-refractivity contribution in [3.05, 3.63) is 77.6 Å². The molecule has 0 saturated heterocycles. The van der Waals surface area contributed by atoms with Crippen molar-refractivity contribution in [2.45, 2.75) is 38.9 Å². The number of hydrogen-bond donors (Lipinski definition) is 1. The molecule has 1 N–H and O–H groups in total. The quantitative estimate of drug-likeness (QED) is 0.723. The lowest BCUT2D eigenvalue weighted by Crippen LogP contribution is -2.25. The van der Waals surface area contributed by atoms with E-state index in [1.807, 2.05) is 24.3 Å². The van der Waals surface area contributed by atoms with Gasteiger partial charge in [-0.15, -0.1) is 10.2 Å².